The van der Waals surface area contributed by atoms with Crippen LogP contribution in [-0.2, 0) is 12.8 Å². The van der Waals surface area contributed by atoms with E-state index in [0.717, 1.165) is 39.7 Å². The molecule has 130 valence electrons. The third-order valence-electron chi connectivity index (χ3n) is 4.64. The third kappa shape index (κ3) is 3.20. The molecule has 0 amide bonds. The zero-order chi connectivity index (χ0) is 18.1. The number of nitrogens with zero attached hydrogens (tertiary/aromatic N) is 3. The van der Waals surface area contributed by atoms with Crippen molar-refractivity contribution in [1.82, 2.24) is 19.9 Å². The molecule has 0 fully saturated rings. The summed E-state index contributed by atoms with van der Waals surface area (Å²) < 4.78 is 13.5. The van der Waals surface area contributed by atoms with E-state index in [9.17, 15) is 4.39 Å². The van der Waals surface area contributed by atoms with Gasteiger partial charge in [-0.1, -0.05) is 0 Å². The van der Waals surface area contributed by atoms with Gasteiger partial charge in [0.25, 0.3) is 0 Å². The van der Waals surface area contributed by atoms with Gasteiger partial charge in [-0.15, -0.1) is 0 Å². The number of aromatic amines is 1. The van der Waals surface area contributed by atoms with E-state index in [0.29, 0.717) is 6.42 Å². The Labute approximate surface area is 151 Å². The molecule has 0 aliphatic rings. The molecule has 0 spiro atoms. The third-order valence-corrected chi connectivity index (χ3v) is 4.64. The summed E-state index contributed by atoms with van der Waals surface area (Å²) in [6, 6.07) is 3.68. The quantitative estimate of drug-likeness (QED) is 0.600. The summed E-state index contributed by atoms with van der Waals surface area (Å²) >= 11 is 0. The van der Waals surface area contributed by atoms with Gasteiger partial charge < -0.3 is 4.98 Å². The average Bonchev–Trinajstić information content (AvgIpc) is 3.00. The lowest BCUT2D eigenvalue weighted by Crippen LogP contribution is -2.02. The van der Waals surface area contributed by atoms with Crippen LogP contribution >= 0.6 is 0 Å². The summed E-state index contributed by atoms with van der Waals surface area (Å²) in [4.78, 5) is 16.0. The highest BCUT2D eigenvalue weighted by molar-refractivity contribution is 5.80. The molecule has 4 aromatic rings. The number of nitrogens with one attached hydrogen (secondary N) is 1. The van der Waals surface area contributed by atoms with Crippen molar-refractivity contribution < 1.29 is 4.39 Å². The molecule has 4 rings (SSSR count). The summed E-state index contributed by atoms with van der Waals surface area (Å²) in [5.74, 6) is -0.311. The predicted molar refractivity (Wildman–Crippen MR) is 99.6 cm³/mol. The molecule has 1 N–H and O–H groups in total. The fourth-order valence-corrected chi connectivity index (χ4v) is 3.32. The Morgan fingerprint density at radius 1 is 0.923 bits per heavy atom. The molecule has 0 saturated carbocycles. The van der Waals surface area contributed by atoms with Crippen LogP contribution in [0.4, 0.5) is 4.39 Å². The summed E-state index contributed by atoms with van der Waals surface area (Å²) in [7, 11) is 0. The van der Waals surface area contributed by atoms with Crippen LogP contribution in [0.2, 0.25) is 0 Å². The van der Waals surface area contributed by atoms with Crippen molar-refractivity contribution in [1.29, 1.82) is 0 Å². The second-order valence-electron chi connectivity index (χ2n) is 6.68. The van der Waals surface area contributed by atoms with Gasteiger partial charge in [0.1, 0.15) is 11.5 Å². The molecule has 0 saturated heterocycles. The Hall–Kier alpha value is -3.08. The van der Waals surface area contributed by atoms with E-state index in [1.165, 1.54) is 23.4 Å². The molecule has 4 aromatic heterocycles. The van der Waals surface area contributed by atoms with Gasteiger partial charge in [-0.2, -0.15) is 0 Å². The number of hydrogen-bond donors (Lipinski definition) is 1. The average molecular weight is 346 g/mol. The van der Waals surface area contributed by atoms with Crippen LogP contribution in [0.25, 0.3) is 11.0 Å². The fourth-order valence-electron chi connectivity index (χ4n) is 3.32. The Morgan fingerprint density at radius 2 is 1.77 bits per heavy atom. The van der Waals surface area contributed by atoms with Crippen LogP contribution < -0.4 is 0 Å². The predicted octanol–water partition coefficient (Wildman–Crippen LogP) is 4.29. The van der Waals surface area contributed by atoms with Crippen molar-refractivity contribution in [3.63, 3.8) is 0 Å². The second kappa shape index (κ2) is 6.67. The molecule has 0 bridgehead atoms. The highest BCUT2D eigenvalue weighted by Crippen LogP contribution is 2.24. The molecular formula is C21H19FN4. The standard InChI is InChI=1S/C21H19FN4/c1-13-3-20-17(11-26-21(20)25-7-13)6-16-10-23-8-14(2)19(16)5-15-4-18(22)12-24-9-15/h3-4,7-12H,5-6H2,1-2H3,(H,25,26). The number of pyridine rings is 3. The van der Waals surface area contributed by atoms with Crippen LogP contribution in [0.5, 0.6) is 0 Å². The molecule has 0 aliphatic carbocycles. The first-order valence-corrected chi connectivity index (χ1v) is 8.54. The van der Waals surface area contributed by atoms with Crippen molar-refractivity contribution in [2.24, 2.45) is 0 Å². The van der Waals surface area contributed by atoms with Crippen molar-refractivity contribution in [3.8, 4) is 0 Å². The molecule has 4 nitrogen and oxygen atoms in total. The summed E-state index contributed by atoms with van der Waals surface area (Å²) in [5, 5.41) is 1.13. The molecule has 0 radical (unpaired) electrons. The zero-order valence-electron chi connectivity index (χ0n) is 14.8. The number of halogens is 1. The topological polar surface area (TPSA) is 54.5 Å². The van der Waals surface area contributed by atoms with Crippen LogP contribution in [0.3, 0.4) is 0 Å². The molecule has 0 aromatic carbocycles. The van der Waals surface area contributed by atoms with Crippen LogP contribution in [0.1, 0.15) is 33.4 Å². The van der Waals surface area contributed by atoms with E-state index in [1.54, 1.807) is 6.20 Å². The van der Waals surface area contributed by atoms with Crippen molar-refractivity contribution in [2.75, 3.05) is 0 Å². The van der Waals surface area contributed by atoms with E-state index in [4.69, 9.17) is 0 Å². The Morgan fingerprint density at radius 3 is 2.62 bits per heavy atom. The van der Waals surface area contributed by atoms with Gasteiger partial charge in [-0.25, -0.2) is 9.37 Å². The second-order valence-corrected chi connectivity index (χ2v) is 6.68. The van der Waals surface area contributed by atoms with Crippen LogP contribution in [0.15, 0.2) is 49.3 Å². The first-order chi connectivity index (χ1) is 12.6. The van der Waals surface area contributed by atoms with Gasteiger partial charge >= 0.3 is 0 Å². The minimum absolute atomic E-state index is 0.311. The smallest absolute Gasteiger partial charge is 0.141 e. The molecule has 0 unspecified atom stereocenters. The van der Waals surface area contributed by atoms with Gasteiger partial charge in [-0.3, -0.25) is 9.97 Å². The molecule has 4 heterocycles. The van der Waals surface area contributed by atoms with E-state index in [2.05, 4.69) is 26.0 Å². The van der Waals surface area contributed by atoms with Crippen molar-refractivity contribution in [3.05, 3.63) is 88.5 Å². The number of fused-ring (bicyclic) bond motifs is 1. The molecule has 26 heavy (non-hydrogen) atoms. The molecule has 0 atom stereocenters. The lowest BCUT2D eigenvalue weighted by Gasteiger charge is -2.12. The molecular weight excluding hydrogens is 327 g/mol. The number of aromatic nitrogens is 4. The summed E-state index contributed by atoms with van der Waals surface area (Å²) in [6.07, 6.45) is 11.9. The van der Waals surface area contributed by atoms with E-state index >= 15 is 0 Å². The van der Waals surface area contributed by atoms with E-state index < -0.39 is 0 Å². The zero-order valence-corrected chi connectivity index (χ0v) is 14.8. The number of rotatable bonds is 4. The maximum atomic E-state index is 13.5. The van der Waals surface area contributed by atoms with Crippen molar-refractivity contribution >= 4 is 11.0 Å². The van der Waals surface area contributed by atoms with Gasteiger partial charge in [0, 0.05) is 42.8 Å². The SMILES string of the molecule is Cc1cnc2[nH]cc(Cc3cncc(C)c3Cc3cncc(F)c3)c2c1. The van der Waals surface area contributed by atoms with Gasteiger partial charge in [0.2, 0.25) is 0 Å². The lowest BCUT2D eigenvalue weighted by atomic mass is 9.94. The highest BCUT2D eigenvalue weighted by atomic mass is 19.1. The normalized spacial score (nSPS) is 11.2. The van der Waals surface area contributed by atoms with Gasteiger partial charge in [0.15, 0.2) is 0 Å². The summed E-state index contributed by atoms with van der Waals surface area (Å²) in [5.41, 5.74) is 7.47. The minimum atomic E-state index is -0.311. The van der Waals surface area contributed by atoms with Gasteiger partial charge in [0.05, 0.1) is 6.20 Å². The minimum Gasteiger partial charge on any atom is -0.346 e. The number of aryl methyl sites for hydroxylation is 2. The lowest BCUT2D eigenvalue weighted by molar-refractivity contribution is 0.619. The van der Waals surface area contributed by atoms with Gasteiger partial charge in [-0.05, 0) is 65.8 Å². The maximum absolute atomic E-state index is 13.5. The molecule has 0 aliphatic heterocycles. The maximum Gasteiger partial charge on any atom is 0.141 e. The Bertz CT molecular complexity index is 1080. The highest BCUT2D eigenvalue weighted by Gasteiger charge is 2.12. The fraction of sp³-hybridized carbons (Fsp3) is 0.190. The first kappa shape index (κ1) is 16.4. The largest absolute Gasteiger partial charge is 0.346 e. The Balaban J connectivity index is 1.72. The van der Waals surface area contributed by atoms with Crippen molar-refractivity contribution in [2.45, 2.75) is 26.7 Å². The first-order valence-electron chi connectivity index (χ1n) is 8.54. The Kier molecular flexibility index (Phi) is 4.21. The van der Waals surface area contributed by atoms with Crippen LogP contribution in [-0.4, -0.2) is 19.9 Å². The number of hydrogen-bond acceptors (Lipinski definition) is 3. The van der Waals surface area contributed by atoms with Crippen LogP contribution in [0, 0.1) is 19.7 Å². The summed E-state index contributed by atoms with van der Waals surface area (Å²) in [6.45, 7) is 4.08. The van der Waals surface area contributed by atoms with E-state index in [1.807, 2.05) is 38.6 Å². The molecule has 5 heteroatoms. The van der Waals surface area contributed by atoms with E-state index in [-0.39, 0.29) is 5.82 Å². The number of H-pyrrole nitrogens is 1. The monoisotopic (exact) mass is 346 g/mol.